The Kier molecular flexibility index (Phi) is 5.39. The molecule has 0 radical (unpaired) electrons. The standard InChI is InChI=1S/C14H19N3O4/c1-18-11-6-10(7-12(19-2)14(11)20-3)8-15-5-4-13-16-9-17-21-13/h6-7,9,15H,4-5,8H2,1-3H3. The van der Waals surface area contributed by atoms with Gasteiger partial charge in [0.05, 0.1) is 21.3 Å². The highest BCUT2D eigenvalue weighted by Gasteiger charge is 2.12. The van der Waals surface area contributed by atoms with E-state index in [-0.39, 0.29) is 0 Å². The number of hydrogen-bond acceptors (Lipinski definition) is 7. The summed E-state index contributed by atoms with van der Waals surface area (Å²) in [4.78, 5) is 3.96. The lowest BCUT2D eigenvalue weighted by molar-refractivity contribution is 0.323. The first-order valence-corrected chi connectivity index (χ1v) is 6.53. The number of methoxy groups -OCH3 is 3. The van der Waals surface area contributed by atoms with E-state index in [1.165, 1.54) is 6.33 Å². The van der Waals surface area contributed by atoms with Crippen LogP contribution in [-0.2, 0) is 13.0 Å². The van der Waals surface area contributed by atoms with Crippen molar-refractivity contribution in [1.82, 2.24) is 15.5 Å². The summed E-state index contributed by atoms with van der Waals surface area (Å²) in [7, 11) is 4.79. The fourth-order valence-corrected chi connectivity index (χ4v) is 1.97. The van der Waals surface area contributed by atoms with E-state index in [0.717, 1.165) is 12.1 Å². The van der Waals surface area contributed by atoms with Gasteiger partial charge in [-0.1, -0.05) is 5.16 Å². The number of rotatable bonds is 8. The summed E-state index contributed by atoms with van der Waals surface area (Å²) in [6.45, 7) is 1.41. The fourth-order valence-electron chi connectivity index (χ4n) is 1.97. The van der Waals surface area contributed by atoms with Crippen LogP contribution in [0.5, 0.6) is 17.2 Å². The van der Waals surface area contributed by atoms with Crippen molar-refractivity contribution < 1.29 is 18.7 Å². The van der Waals surface area contributed by atoms with Gasteiger partial charge < -0.3 is 24.1 Å². The molecule has 0 amide bonds. The molecule has 7 heteroatoms. The molecule has 0 saturated heterocycles. The van der Waals surface area contributed by atoms with Crippen LogP contribution in [0.25, 0.3) is 0 Å². The molecule has 1 aromatic heterocycles. The maximum Gasteiger partial charge on any atom is 0.227 e. The van der Waals surface area contributed by atoms with Gasteiger partial charge in [0.15, 0.2) is 17.8 Å². The third kappa shape index (κ3) is 3.85. The molecule has 0 aliphatic heterocycles. The lowest BCUT2D eigenvalue weighted by Crippen LogP contribution is -2.17. The minimum atomic E-state index is 0.592. The lowest BCUT2D eigenvalue weighted by Gasteiger charge is -2.14. The highest BCUT2D eigenvalue weighted by Crippen LogP contribution is 2.38. The molecule has 0 saturated carbocycles. The van der Waals surface area contributed by atoms with Gasteiger partial charge >= 0.3 is 0 Å². The van der Waals surface area contributed by atoms with E-state index in [9.17, 15) is 0 Å². The maximum atomic E-state index is 5.32. The second-order valence-electron chi connectivity index (χ2n) is 4.30. The number of nitrogens with one attached hydrogen (secondary N) is 1. The number of benzene rings is 1. The zero-order valence-electron chi connectivity index (χ0n) is 12.4. The first-order valence-electron chi connectivity index (χ1n) is 6.53. The minimum absolute atomic E-state index is 0.592. The van der Waals surface area contributed by atoms with Crippen LogP contribution in [0.4, 0.5) is 0 Å². The zero-order chi connectivity index (χ0) is 15.1. The summed E-state index contributed by atoms with van der Waals surface area (Å²) in [6.07, 6.45) is 2.08. The van der Waals surface area contributed by atoms with Gasteiger partial charge in [-0.25, -0.2) is 0 Å². The molecule has 1 aromatic carbocycles. The summed E-state index contributed by atoms with van der Waals surface area (Å²) < 4.78 is 20.9. The Balaban J connectivity index is 1.96. The molecular weight excluding hydrogens is 274 g/mol. The second kappa shape index (κ2) is 7.49. The Morgan fingerprint density at radius 3 is 2.33 bits per heavy atom. The monoisotopic (exact) mass is 293 g/mol. The summed E-state index contributed by atoms with van der Waals surface area (Å²) in [5.74, 6) is 2.50. The molecule has 0 aliphatic rings. The van der Waals surface area contributed by atoms with Gasteiger partial charge in [0, 0.05) is 19.5 Å². The van der Waals surface area contributed by atoms with Gasteiger partial charge in [-0.2, -0.15) is 4.98 Å². The molecule has 0 bridgehead atoms. The van der Waals surface area contributed by atoms with Crippen LogP contribution < -0.4 is 19.5 Å². The molecule has 1 N–H and O–H groups in total. The smallest absolute Gasteiger partial charge is 0.227 e. The van der Waals surface area contributed by atoms with Crippen molar-refractivity contribution >= 4 is 0 Å². The van der Waals surface area contributed by atoms with Gasteiger partial charge in [0.2, 0.25) is 11.6 Å². The molecule has 2 aromatic rings. The number of hydrogen-bond donors (Lipinski definition) is 1. The van der Waals surface area contributed by atoms with Gasteiger partial charge in [-0.15, -0.1) is 0 Å². The van der Waals surface area contributed by atoms with Crippen molar-refractivity contribution in [2.24, 2.45) is 0 Å². The van der Waals surface area contributed by atoms with Gasteiger partial charge in [0.1, 0.15) is 0 Å². The highest BCUT2D eigenvalue weighted by atomic mass is 16.5. The lowest BCUT2D eigenvalue weighted by atomic mass is 10.1. The first kappa shape index (κ1) is 15.1. The van der Waals surface area contributed by atoms with Crippen molar-refractivity contribution in [1.29, 1.82) is 0 Å². The zero-order valence-corrected chi connectivity index (χ0v) is 12.4. The fraction of sp³-hybridized carbons (Fsp3) is 0.429. The Morgan fingerprint density at radius 2 is 1.81 bits per heavy atom. The van der Waals surface area contributed by atoms with Crippen LogP contribution in [0.3, 0.4) is 0 Å². The van der Waals surface area contributed by atoms with Gasteiger partial charge in [0.25, 0.3) is 0 Å². The van der Waals surface area contributed by atoms with Crippen molar-refractivity contribution in [3.8, 4) is 17.2 Å². The topological polar surface area (TPSA) is 78.6 Å². The normalized spacial score (nSPS) is 10.4. The Hall–Kier alpha value is -2.28. The van der Waals surface area contributed by atoms with E-state index in [0.29, 0.717) is 36.1 Å². The molecule has 21 heavy (non-hydrogen) atoms. The van der Waals surface area contributed by atoms with E-state index in [1.54, 1.807) is 21.3 Å². The summed E-state index contributed by atoms with van der Waals surface area (Å²) in [5, 5.41) is 6.86. The Labute approximate surface area is 123 Å². The second-order valence-corrected chi connectivity index (χ2v) is 4.30. The van der Waals surface area contributed by atoms with Crippen LogP contribution in [0.2, 0.25) is 0 Å². The molecule has 2 rings (SSSR count). The number of aromatic nitrogens is 2. The largest absolute Gasteiger partial charge is 0.493 e. The highest BCUT2D eigenvalue weighted by molar-refractivity contribution is 5.53. The predicted molar refractivity (Wildman–Crippen MR) is 75.8 cm³/mol. The van der Waals surface area contributed by atoms with Crippen molar-refractivity contribution in [2.75, 3.05) is 27.9 Å². The molecule has 1 heterocycles. The molecule has 7 nitrogen and oxygen atoms in total. The van der Waals surface area contributed by atoms with Crippen LogP contribution in [0.15, 0.2) is 23.0 Å². The van der Waals surface area contributed by atoms with Crippen LogP contribution in [0.1, 0.15) is 11.5 Å². The van der Waals surface area contributed by atoms with E-state index >= 15 is 0 Å². The van der Waals surface area contributed by atoms with Crippen LogP contribution in [0, 0.1) is 0 Å². The predicted octanol–water partition coefficient (Wildman–Crippen LogP) is 1.43. The van der Waals surface area contributed by atoms with Gasteiger partial charge in [-0.3, -0.25) is 0 Å². The molecular formula is C14H19N3O4. The van der Waals surface area contributed by atoms with Crippen LogP contribution in [-0.4, -0.2) is 38.0 Å². The Morgan fingerprint density at radius 1 is 1.10 bits per heavy atom. The molecule has 0 unspecified atom stereocenters. The van der Waals surface area contributed by atoms with E-state index in [4.69, 9.17) is 18.7 Å². The third-order valence-corrected chi connectivity index (χ3v) is 2.98. The first-order chi connectivity index (χ1) is 10.3. The van der Waals surface area contributed by atoms with E-state index in [2.05, 4.69) is 15.5 Å². The average Bonchev–Trinajstić information content (AvgIpc) is 3.03. The number of ether oxygens (including phenoxy) is 3. The van der Waals surface area contributed by atoms with Gasteiger partial charge in [-0.05, 0) is 17.7 Å². The maximum absolute atomic E-state index is 5.32. The van der Waals surface area contributed by atoms with Crippen molar-refractivity contribution in [3.05, 3.63) is 29.9 Å². The van der Waals surface area contributed by atoms with Crippen molar-refractivity contribution in [2.45, 2.75) is 13.0 Å². The summed E-state index contributed by atoms with van der Waals surface area (Å²) >= 11 is 0. The Bertz CT molecular complexity index is 532. The quantitative estimate of drug-likeness (QED) is 0.737. The van der Waals surface area contributed by atoms with Crippen molar-refractivity contribution in [3.63, 3.8) is 0 Å². The summed E-state index contributed by atoms with van der Waals surface area (Å²) in [5.41, 5.74) is 1.04. The van der Waals surface area contributed by atoms with E-state index < -0.39 is 0 Å². The minimum Gasteiger partial charge on any atom is -0.493 e. The average molecular weight is 293 g/mol. The van der Waals surface area contributed by atoms with Crippen LogP contribution >= 0.6 is 0 Å². The molecule has 0 fully saturated rings. The summed E-state index contributed by atoms with van der Waals surface area (Å²) in [6, 6.07) is 3.84. The number of nitrogens with zero attached hydrogens (tertiary/aromatic N) is 2. The molecule has 0 atom stereocenters. The molecule has 114 valence electrons. The molecule has 0 aliphatic carbocycles. The molecule has 0 spiro atoms. The third-order valence-electron chi connectivity index (χ3n) is 2.98. The SMILES string of the molecule is COc1cc(CNCCc2ncno2)cc(OC)c1OC. The van der Waals surface area contributed by atoms with E-state index in [1.807, 2.05) is 12.1 Å².